The van der Waals surface area contributed by atoms with Crippen LogP contribution >= 0.6 is 0 Å². The Morgan fingerprint density at radius 1 is 0.971 bits per heavy atom. The van der Waals surface area contributed by atoms with E-state index in [-0.39, 0.29) is 0 Å². The van der Waals surface area contributed by atoms with Gasteiger partial charge in [-0.1, -0.05) is 25.1 Å². The molecule has 0 saturated carbocycles. The Bertz CT molecular complexity index is 1060. The summed E-state index contributed by atoms with van der Waals surface area (Å²) in [7, 11) is 0. The highest BCUT2D eigenvalue weighted by molar-refractivity contribution is 5.59. The second-order valence-corrected chi connectivity index (χ2v) is 9.15. The first-order valence-electron chi connectivity index (χ1n) is 12.6. The van der Waals surface area contributed by atoms with Crippen molar-refractivity contribution >= 4 is 0 Å². The van der Waals surface area contributed by atoms with E-state index in [0.29, 0.717) is 18.4 Å². The maximum absolute atomic E-state index is 13.4. The molecule has 0 unspecified atom stereocenters. The van der Waals surface area contributed by atoms with Gasteiger partial charge < -0.3 is 5.32 Å². The molecule has 0 bridgehead atoms. The lowest BCUT2D eigenvalue weighted by Crippen LogP contribution is -2.46. The molecule has 0 atom stereocenters. The highest BCUT2D eigenvalue weighted by Gasteiger charge is 2.12. The molecule has 1 N–H and O–H groups in total. The number of rotatable bonds is 11. The first-order valence-corrected chi connectivity index (χ1v) is 12.6. The predicted octanol–water partition coefficient (Wildman–Crippen LogP) is 4.32. The first kappa shape index (κ1) is 25.4. The summed E-state index contributed by atoms with van der Waals surface area (Å²) in [6.07, 6.45) is 3.75. The molecule has 0 radical (unpaired) electrons. The molecular weight excluding hydrogens is 444 g/mol. The van der Waals surface area contributed by atoms with Crippen LogP contribution in [0, 0.1) is 11.6 Å². The highest BCUT2D eigenvalue weighted by atomic mass is 19.1. The number of piperazine rings is 1. The summed E-state index contributed by atoms with van der Waals surface area (Å²) in [6.45, 7) is 10.7. The Hall–Kier alpha value is -2.74. The fourth-order valence-electron chi connectivity index (χ4n) is 4.54. The molecule has 4 rings (SSSR count). The fourth-order valence-corrected chi connectivity index (χ4v) is 4.54. The summed E-state index contributed by atoms with van der Waals surface area (Å²) in [5, 5.41) is 3.41. The van der Waals surface area contributed by atoms with Crippen molar-refractivity contribution in [3.8, 4) is 11.3 Å². The minimum absolute atomic E-state index is 0.538. The van der Waals surface area contributed by atoms with Crippen LogP contribution in [0.2, 0.25) is 0 Å². The van der Waals surface area contributed by atoms with E-state index >= 15 is 0 Å². The van der Waals surface area contributed by atoms with E-state index in [9.17, 15) is 8.78 Å². The van der Waals surface area contributed by atoms with Crippen LogP contribution in [0.1, 0.15) is 30.3 Å². The van der Waals surface area contributed by atoms with Crippen LogP contribution in [0.5, 0.6) is 0 Å². The minimum atomic E-state index is -0.538. The molecule has 2 aromatic carbocycles. The average molecular weight is 480 g/mol. The Morgan fingerprint density at radius 2 is 1.77 bits per heavy atom. The summed E-state index contributed by atoms with van der Waals surface area (Å²) >= 11 is 0. The molecule has 35 heavy (non-hydrogen) atoms. The summed E-state index contributed by atoms with van der Waals surface area (Å²) in [5.41, 5.74) is 3.91. The topological polar surface area (TPSA) is 44.3 Å². The van der Waals surface area contributed by atoms with Crippen molar-refractivity contribution in [1.29, 1.82) is 0 Å². The summed E-state index contributed by atoms with van der Waals surface area (Å²) < 4.78 is 26.8. The van der Waals surface area contributed by atoms with Crippen molar-refractivity contribution in [2.24, 2.45) is 0 Å². The zero-order valence-corrected chi connectivity index (χ0v) is 20.5. The molecule has 5 nitrogen and oxygen atoms in total. The fraction of sp³-hybridized carbons (Fsp3) is 0.429. The quantitative estimate of drug-likeness (QED) is 0.444. The molecule has 1 aliphatic heterocycles. The van der Waals surface area contributed by atoms with Crippen molar-refractivity contribution < 1.29 is 8.78 Å². The largest absolute Gasteiger partial charge is 0.314 e. The van der Waals surface area contributed by atoms with Gasteiger partial charge in [0, 0.05) is 70.1 Å². The number of halogens is 2. The number of aryl methyl sites for hydroxylation is 2. The van der Waals surface area contributed by atoms with E-state index in [2.05, 4.69) is 51.3 Å². The van der Waals surface area contributed by atoms with Crippen molar-refractivity contribution in [3.05, 3.63) is 83.3 Å². The van der Waals surface area contributed by atoms with Crippen molar-refractivity contribution in [2.45, 2.75) is 32.7 Å². The molecule has 0 amide bonds. The average Bonchev–Trinajstić information content (AvgIpc) is 2.87. The number of nitrogens with zero attached hydrogens (tertiary/aromatic N) is 4. The van der Waals surface area contributed by atoms with Gasteiger partial charge in [0.2, 0.25) is 0 Å². The van der Waals surface area contributed by atoms with Crippen molar-refractivity contribution in [1.82, 2.24) is 25.1 Å². The third-order valence-electron chi connectivity index (χ3n) is 6.51. The monoisotopic (exact) mass is 479 g/mol. The molecule has 0 spiro atoms. The summed E-state index contributed by atoms with van der Waals surface area (Å²) in [6, 6.07) is 14.2. The van der Waals surface area contributed by atoms with Gasteiger partial charge in [-0.3, -0.25) is 9.80 Å². The molecule has 1 saturated heterocycles. The van der Waals surface area contributed by atoms with Crippen LogP contribution in [0.25, 0.3) is 11.3 Å². The number of hydrogen-bond acceptors (Lipinski definition) is 5. The Morgan fingerprint density at radius 3 is 2.54 bits per heavy atom. The van der Waals surface area contributed by atoms with E-state index in [4.69, 9.17) is 4.98 Å². The van der Waals surface area contributed by atoms with Gasteiger partial charge in [0.05, 0.1) is 5.69 Å². The molecule has 7 heteroatoms. The molecule has 3 aromatic rings. The van der Waals surface area contributed by atoms with Gasteiger partial charge >= 0.3 is 0 Å². The zero-order valence-electron chi connectivity index (χ0n) is 20.5. The van der Waals surface area contributed by atoms with E-state index in [0.717, 1.165) is 81.9 Å². The van der Waals surface area contributed by atoms with Crippen LogP contribution in [-0.4, -0.2) is 65.6 Å². The third-order valence-corrected chi connectivity index (χ3v) is 6.51. The van der Waals surface area contributed by atoms with E-state index < -0.39 is 11.6 Å². The third kappa shape index (κ3) is 7.88. The second kappa shape index (κ2) is 12.8. The lowest BCUT2D eigenvalue weighted by Gasteiger charge is -2.30. The van der Waals surface area contributed by atoms with E-state index in [1.807, 2.05) is 6.07 Å². The van der Waals surface area contributed by atoms with E-state index in [1.54, 1.807) is 6.20 Å². The molecule has 1 aromatic heterocycles. The Labute approximate surface area is 207 Å². The molecule has 1 fully saturated rings. The maximum atomic E-state index is 13.4. The summed E-state index contributed by atoms with van der Waals surface area (Å²) in [4.78, 5) is 14.2. The molecular formula is C28H35F2N5. The number of hydrogen-bond donors (Lipinski definition) is 1. The van der Waals surface area contributed by atoms with Gasteiger partial charge in [-0.05, 0) is 54.8 Å². The number of aromatic nitrogens is 2. The van der Waals surface area contributed by atoms with Crippen molar-refractivity contribution in [3.63, 3.8) is 0 Å². The smallest absolute Gasteiger partial charge is 0.128 e. The minimum Gasteiger partial charge on any atom is -0.314 e. The van der Waals surface area contributed by atoms with Crippen LogP contribution in [0.4, 0.5) is 8.78 Å². The van der Waals surface area contributed by atoms with Crippen LogP contribution < -0.4 is 5.32 Å². The second-order valence-electron chi connectivity index (χ2n) is 9.15. The van der Waals surface area contributed by atoms with Gasteiger partial charge in [-0.25, -0.2) is 18.7 Å². The lowest BCUT2D eigenvalue weighted by molar-refractivity contribution is 0.189. The van der Waals surface area contributed by atoms with Gasteiger partial charge in [0.15, 0.2) is 0 Å². The molecule has 1 aliphatic rings. The molecule has 2 heterocycles. The zero-order chi connectivity index (χ0) is 24.5. The normalized spacial score (nSPS) is 14.5. The predicted molar refractivity (Wildman–Crippen MR) is 136 cm³/mol. The highest BCUT2D eigenvalue weighted by Crippen LogP contribution is 2.20. The van der Waals surface area contributed by atoms with E-state index in [1.165, 1.54) is 17.7 Å². The lowest BCUT2D eigenvalue weighted by atomic mass is 10.1. The SMILES string of the molecule is CCN(CCN1CCNCC1)Cc1cccc(-c2ccnc(CCCc3cc(F)cc(F)c3)n2)c1. The molecule has 0 aliphatic carbocycles. The standard InChI is InChI=1S/C28H35F2N5/c1-2-34(15-16-35-13-11-31-12-14-35)21-23-6-3-7-24(17-23)27-9-10-32-28(33-27)8-4-5-22-18-25(29)20-26(30)19-22/h3,6-7,9-10,17-20,31H,2,4-5,8,11-16,21H2,1H3. The first-order chi connectivity index (χ1) is 17.1. The van der Waals surface area contributed by atoms with Gasteiger partial charge in [0.1, 0.15) is 17.5 Å². The maximum Gasteiger partial charge on any atom is 0.128 e. The van der Waals surface area contributed by atoms with Crippen LogP contribution in [0.3, 0.4) is 0 Å². The van der Waals surface area contributed by atoms with Crippen LogP contribution in [-0.2, 0) is 19.4 Å². The number of benzene rings is 2. The molecule has 186 valence electrons. The van der Waals surface area contributed by atoms with Gasteiger partial charge in [0.25, 0.3) is 0 Å². The Balaban J connectivity index is 1.34. The number of likely N-dealkylation sites (N-methyl/N-ethyl adjacent to an activating group) is 1. The number of nitrogens with one attached hydrogen (secondary N) is 1. The van der Waals surface area contributed by atoms with Crippen LogP contribution in [0.15, 0.2) is 54.7 Å². The summed E-state index contributed by atoms with van der Waals surface area (Å²) in [5.74, 6) is -0.330. The van der Waals surface area contributed by atoms with Crippen molar-refractivity contribution in [2.75, 3.05) is 45.8 Å². The van der Waals surface area contributed by atoms with Gasteiger partial charge in [-0.15, -0.1) is 0 Å². The Kier molecular flexibility index (Phi) is 9.28. The van der Waals surface area contributed by atoms with Gasteiger partial charge in [-0.2, -0.15) is 0 Å².